The second kappa shape index (κ2) is 8.86. The Labute approximate surface area is 175 Å². The van der Waals surface area contributed by atoms with Crippen molar-refractivity contribution in [3.05, 3.63) is 77.6 Å². The van der Waals surface area contributed by atoms with Crippen molar-refractivity contribution in [2.24, 2.45) is 4.99 Å². The Kier molecular flexibility index (Phi) is 5.84. The van der Waals surface area contributed by atoms with Crippen molar-refractivity contribution in [1.29, 1.82) is 0 Å². The molecule has 6 heteroatoms. The molecule has 4 rings (SSSR count). The predicted octanol–water partition coefficient (Wildman–Crippen LogP) is 4.40. The summed E-state index contributed by atoms with van der Waals surface area (Å²) in [7, 11) is 0. The number of amides is 2. The van der Waals surface area contributed by atoms with Crippen LogP contribution >= 0.6 is 0 Å². The molecule has 2 amide bonds. The highest BCUT2D eigenvalue weighted by molar-refractivity contribution is 6.10. The summed E-state index contributed by atoms with van der Waals surface area (Å²) in [6, 6.07) is 14.8. The lowest BCUT2D eigenvalue weighted by Gasteiger charge is -2.12. The van der Waals surface area contributed by atoms with Crippen LogP contribution in [0.2, 0.25) is 0 Å². The van der Waals surface area contributed by atoms with Crippen molar-refractivity contribution < 1.29 is 9.59 Å². The summed E-state index contributed by atoms with van der Waals surface area (Å²) in [4.78, 5) is 29.4. The van der Waals surface area contributed by atoms with Crippen LogP contribution in [-0.4, -0.2) is 33.8 Å². The quantitative estimate of drug-likeness (QED) is 0.622. The fourth-order valence-corrected chi connectivity index (χ4v) is 3.72. The molecule has 152 valence electrons. The highest BCUT2D eigenvalue weighted by atomic mass is 16.2. The zero-order chi connectivity index (χ0) is 20.9. The maximum absolute atomic E-state index is 12.6. The number of rotatable bonds is 5. The SMILES string of the molecule is CC(=NC(=O)c1ccc(-c2cn[nH]c2)cc1)c1cccc(C(=O)NC2CCCC2)c1. The first kappa shape index (κ1) is 19.8. The summed E-state index contributed by atoms with van der Waals surface area (Å²) in [5.74, 6) is -0.384. The van der Waals surface area contributed by atoms with Crippen LogP contribution in [0, 0.1) is 0 Å². The Hall–Kier alpha value is -3.54. The number of benzene rings is 2. The third-order valence-electron chi connectivity index (χ3n) is 5.47. The van der Waals surface area contributed by atoms with Crippen molar-refractivity contribution in [3.8, 4) is 11.1 Å². The first-order valence-corrected chi connectivity index (χ1v) is 10.2. The minimum atomic E-state index is -0.313. The van der Waals surface area contributed by atoms with E-state index in [-0.39, 0.29) is 17.9 Å². The number of hydrogen-bond donors (Lipinski definition) is 2. The molecule has 2 N–H and O–H groups in total. The summed E-state index contributed by atoms with van der Waals surface area (Å²) in [6.45, 7) is 1.78. The van der Waals surface area contributed by atoms with E-state index in [4.69, 9.17) is 0 Å². The van der Waals surface area contributed by atoms with Crippen molar-refractivity contribution >= 4 is 17.5 Å². The van der Waals surface area contributed by atoms with Crippen molar-refractivity contribution in [3.63, 3.8) is 0 Å². The van der Waals surface area contributed by atoms with Gasteiger partial charge in [-0.15, -0.1) is 0 Å². The van der Waals surface area contributed by atoms with Gasteiger partial charge in [0.15, 0.2) is 0 Å². The molecule has 1 heterocycles. The standard InChI is InChI=1S/C24H24N4O2/c1-16(19-5-4-6-20(13-19)24(30)28-22-7-2-3-8-22)27-23(29)18-11-9-17(10-12-18)21-14-25-26-15-21/h4-6,9-15,22H,2-3,7-8H2,1H3,(H,25,26)(H,28,30). The molecule has 0 saturated heterocycles. The zero-order valence-corrected chi connectivity index (χ0v) is 16.9. The number of carbonyl (C=O) groups excluding carboxylic acids is 2. The lowest BCUT2D eigenvalue weighted by molar-refractivity contribution is 0.0937. The fraction of sp³-hybridized carbons (Fsp3) is 0.250. The van der Waals surface area contributed by atoms with Gasteiger partial charge in [-0.1, -0.05) is 37.1 Å². The second-order valence-electron chi connectivity index (χ2n) is 7.60. The van der Waals surface area contributed by atoms with E-state index < -0.39 is 0 Å². The monoisotopic (exact) mass is 400 g/mol. The number of aromatic amines is 1. The van der Waals surface area contributed by atoms with Gasteiger partial charge in [-0.3, -0.25) is 14.7 Å². The third kappa shape index (κ3) is 4.54. The lowest BCUT2D eigenvalue weighted by atomic mass is 10.1. The molecule has 0 unspecified atom stereocenters. The zero-order valence-electron chi connectivity index (χ0n) is 16.9. The third-order valence-corrected chi connectivity index (χ3v) is 5.47. The smallest absolute Gasteiger partial charge is 0.277 e. The Morgan fingerprint density at radius 2 is 1.73 bits per heavy atom. The number of nitrogens with one attached hydrogen (secondary N) is 2. The highest BCUT2D eigenvalue weighted by Crippen LogP contribution is 2.20. The van der Waals surface area contributed by atoms with Crippen molar-refractivity contribution in [1.82, 2.24) is 15.5 Å². The average molecular weight is 400 g/mol. The van der Waals surface area contributed by atoms with Gasteiger partial charge in [0, 0.05) is 34.6 Å². The molecular weight excluding hydrogens is 376 g/mol. The van der Waals surface area contributed by atoms with Gasteiger partial charge in [0.05, 0.1) is 6.20 Å². The Bertz CT molecular complexity index is 1060. The molecule has 0 atom stereocenters. The number of aromatic nitrogens is 2. The van der Waals surface area contributed by atoms with E-state index in [2.05, 4.69) is 20.5 Å². The van der Waals surface area contributed by atoms with Crippen LogP contribution in [0.25, 0.3) is 11.1 Å². The maximum Gasteiger partial charge on any atom is 0.277 e. The van der Waals surface area contributed by atoms with E-state index in [9.17, 15) is 9.59 Å². The molecule has 1 aliphatic rings. The molecule has 6 nitrogen and oxygen atoms in total. The van der Waals surface area contributed by atoms with Crippen LogP contribution < -0.4 is 5.32 Å². The summed E-state index contributed by atoms with van der Waals surface area (Å²) >= 11 is 0. The lowest BCUT2D eigenvalue weighted by Crippen LogP contribution is -2.32. The van der Waals surface area contributed by atoms with Crippen LogP contribution in [0.15, 0.2) is 65.9 Å². The Balaban J connectivity index is 1.47. The Morgan fingerprint density at radius 1 is 1.00 bits per heavy atom. The number of hydrogen-bond acceptors (Lipinski definition) is 3. The van der Waals surface area contributed by atoms with Gasteiger partial charge in [-0.25, -0.2) is 4.99 Å². The van der Waals surface area contributed by atoms with Gasteiger partial charge in [-0.2, -0.15) is 5.10 Å². The molecular formula is C24H24N4O2. The molecule has 1 fully saturated rings. The molecule has 2 aromatic carbocycles. The van der Waals surface area contributed by atoms with Gasteiger partial charge in [0.25, 0.3) is 11.8 Å². The second-order valence-corrected chi connectivity index (χ2v) is 7.60. The van der Waals surface area contributed by atoms with Crippen molar-refractivity contribution in [2.75, 3.05) is 0 Å². The van der Waals surface area contributed by atoms with E-state index in [1.165, 1.54) is 12.8 Å². The van der Waals surface area contributed by atoms with E-state index in [1.54, 1.807) is 43.6 Å². The summed E-state index contributed by atoms with van der Waals surface area (Å²) < 4.78 is 0. The fourth-order valence-electron chi connectivity index (χ4n) is 3.72. The predicted molar refractivity (Wildman–Crippen MR) is 117 cm³/mol. The molecule has 0 radical (unpaired) electrons. The van der Waals surface area contributed by atoms with E-state index in [1.807, 2.05) is 24.3 Å². The summed E-state index contributed by atoms with van der Waals surface area (Å²) in [5.41, 5.74) is 4.37. The highest BCUT2D eigenvalue weighted by Gasteiger charge is 2.18. The Morgan fingerprint density at radius 3 is 2.43 bits per heavy atom. The van der Waals surface area contributed by atoms with Gasteiger partial charge in [-0.05, 0) is 55.2 Å². The number of nitrogens with zero attached hydrogens (tertiary/aromatic N) is 2. The van der Waals surface area contributed by atoms with Gasteiger partial charge < -0.3 is 5.32 Å². The van der Waals surface area contributed by atoms with Gasteiger partial charge in [0.1, 0.15) is 0 Å². The normalized spacial score (nSPS) is 14.6. The number of H-pyrrole nitrogens is 1. The largest absolute Gasteiger partial charge is 0.349 e. The van der Waals surface area contributed by atoms with E-state index in [0.29, 0.717) is 16.8 Å². The van der Waals surface area contributed by atoms with Crippen LogP contribution in [0.1, 0.15) is 58.9 Å². The molecule has 30 heavy (non-hydrogen) atoms. The topological polar surface area (TPSA) is 87.2 Å². The molecule has 1 saturated carbocycles. The maximum atomic E-state index is 12.6. The molecule has 0 spiro atoms. The summed E-state index contributed by atoms with van der Waals surface area (Å²) in [5, 5.41) is 9.80. The van der Waals surface area contributed by atoms with Crippen LogP contribution in [-0.2, 0) is 0 Å². The molecule has 0 aliphatic heterocycles. The first-order valence-electron chi connectivity index (χ1n) is 10.2. The first-order chi connectivity index (χ1) is 14.6. The number of aliphatic imine (C=N–C) groups is 1. The van der Waals surface area contributed by atoms with Gasteiger partial charge in [0.2, 0.25) is 0 Å². The van der Waals surface area contributed by atoms with E-state index in [0.717, 1.165) is 29.5 Å². The van der Waals surface area contributed by atoms with Crippen LogP contribution in [0.5, 0.6) is 0 Å². The summed E-state index contributed by atoms with van der Waals surface area (Å²) in [6.07, 6.45) is 7.95. The minimum absolute atomic E-state index is 0.0716. The van der Waals surface area contributed by atoms with Gasteiger partial charge >= 0.3 is 0 Å². The van der Waals surface area contributed by atoms with Crippen LogP contribution in [0.4, 0.5) is 0 Å². The van der Waals surface area contributed by atoms with Crippen LogP contribution in [0.3, 0.4) is 0 Å². The molecule has 1 aliphatic carbocycles. The molecule has 3 aromatic rings. The van der Waals surface area contributed by atoms with Crippen molar-refractivity contribution in [2.45, 2.75) is 38.6 Å². The molecule has 1 aromatic heterocycles. The van der Waals surface area contributed by atoms with E-state index >= 15 is 0 Å². The average Bonchev–Trinajstić information content (AvgIpc) is 3.48. The minimum Gasteiger partial charge on any atom is -0.349 e. The number of carbonyl (C=O) groups is 2. The molecule has 0 bridgehead atoms.